The molecule has 5 nitrogen and oxygen atoms in total. The van der Waals surface area contributed by atoms with Crippen LogP contribution in [0.15, 0.2) is 0 Å². The molecule has 0 radical (unpaired) electrons. The first-order chi connectivity index (χ1) is 9.70. The fourth-order valence-electron chi connectivity index (χ4n) is 5.14. The fraction of sp³-hybridized carbons (Fsp3) is 0.867. The molecule has 0 spiro atoms. The Morgan fingerprint density at radius 2 is 1.50 bits per heavy atom. The Labute approximate surface area is 118 Å². The zero-order chi connectivity index (χ0) is 13.9. The lowest BCUT2D eigenvalue weighted by atomic mass is 10.0. The highest BCUT2D eigenvalue weighted by molar-refractivity contribution is 5.83. The lowest BCUT2D eigenvalue weighted by Gasteiger charge is -2.35. The van der Waals surface area contributed by atoms with Crippen LogP contribution in [-0.2, 0) is 9.59 Å². The Hall–Kier alpha value is -1.10. The van der Waals surface area contributed by atoms with Gasteiger partial charge in [-0.05, 0) is 42.9 Å². The summed E-state index contributed by atoms with van der Waals surface area (Å²) in [7, 11) is 0. The lowest BCUT2D eigenvalue weighted by molar-refractivity contribution is -0.142. The zero-order valence-electron chi connectivity index (χ0n) is 11.7. The molecule has 4 fully saturated rings. The van der Waals surface area contributed by atoms with E-state index in [4.69, 9.17) is 5.11 Å². The number of carbonyl (C=O) groups excluding carboxylic acids is 2. The molecule has 4 rings (SSSR count). The highest BCUT2D eigenvalue weighted by atomic mass is 16.3. The summed E-state index contributed by atoms with van der Waals surface area (Å²) < 4.78 is 0. The van der Waals surface area contributed by atoms with Gasteiger partial charge in [-0.15, -0.1) is 0 Å². The molecule has 3 saturated carbocycles. The van der Waals surface area contributed by atoms with E-state index >= 15 is 0 Å². The maximum Gasteiger partial charge on any atom is 0.248 e. The minimum Gasteiger partial charge on any atom is -0.387 e. The van der Waals surface area contributed by atoms with Gasteiger partial charge in [0, 0.05) is 32.1 Å². The molecule has 4 unspecified atom stereocenters. The second kappa shape index (κ2) is 4.45. The number of hydrogen-bond donors (Lipinski definition) is 1. The van der Waals surface area contributed by atoms with Gasteiger partial charge in [0.15, 0.2) is 0 Å². The summed E-state index contributed by atoms with van der Waals surface area (Å²) in [5.41, 5.74) is 0. The van der Waals surface area contributed by atoms with E-state index in [2.05, 4.69) is 0 Å². The number of nitrogens with zero attached hydrogens (tertiary/aromatic N) is 2. The quantitative estimate of drug-likeness (QED) is 0.770. The van der Waals surface area contributed by atoms with Crippen molar-refractivity contribution in [2.75, 3.05) is 32.8 Å². The molecule has 4 aliphatic rings. The van der Waals surface area contributed by atoms with E-state index in [0.717, 1.165) is 11.8 Å². The Morgan fingerprint density at radius 1 is 0.950 bits per heavy atom. The SMILES string of the molecule is O=C(CO)N1CCN(C(=O)C2C3C4CCC(C4)C23)CC1. The van der Waals surface area contributed by atoms with Crippen molar-refractivity contribution in [2.45, 2.75) is 19.3 Å². The number of rotatable bonds is 2. The van der Waals surface area contributed by atoms with Crippen LogP contribution in [0.1, 0.15) is 19.3 Å². The predicted octanol–water partition coefficient (Wildman–Crippen LogP) is -0.0584. The van der Waals surface area contributed by atoms with E-state index in [1.807, 2.05) is 4.90 Å². The maximum atomic E-state index is 12.6. The average Bonchev–Trinajstić information content (AvgIpc) is 2.93. The Bertz CT molecular complexity index is 428. The lowest BCUT2D eigenvalue weighted by Crippen LogP contribution is -2.52. The van der Waals surface area contributed by atoms with Crippen LogP contribution in [0.4, 0.5) is 0 Å². The van der Waals surface area contributed by atoms with Crippen LogP contribution in [0, 0.1) is 29.6 Å². The Balaban J connectivity index is 1.34. The number of aliphatic hydroxyl groups excluding tert-OH is 1. The van der Waals surface area contributed by atoms with E-state index in [0.29, 0.717) is 49.8 Å². The van der Waals surface area contributed by atoms with Gasteiger partial charge in [-0.1, -0.05) is 0 Å². The largest absolute Gasteiger partial charge is 0.387 e. The molecule has 20 heavy (non-hydrogen) atoms. The first kappa shape index (κ1) is 12.6. The smallest absolute Gasteiger partial charge is 0.248 e. The van der Waals surface area contributed by atoms with Crippen LogP contribution < -0.4 is 0 Å². The summed E-state index contributed by atoms with van der Waals surface area (Å²) >= 11 is 0. The highest BCUT2D eigenvalue weighted by Gasteiger charge is 2.67. The molecule has 4 atom stereocenters. The molecular formula is C15H22N2O3. The summed E-state index contributed by atoms with van der Waals surface area (Å²) in [4.78, 5) is 27.6. The summed E-state index contributed by atoms with van der Waals surface area (Å²) in [6.07, 6.45) is 4.06. The standard InChI is InChI=1S/C15H22N2O3/c18-8-11(19)16-3-5-17(6-4-16)15(20)14-12-9-1-2-10(7-9)13(12)14/h9-10,12-14,18H,1-8H2. The number of fused-ring (bicyclic) bond motifs is 5. The van der Waals surface area contributed by atoms with Crippen molar-refractivity contribution in [3.8, 4) is 0 Å². The molecule has 0 aromatic heterocycles. The molecule has 2 bridgehead atoms. The zero-order valence-corrected chi connectivity index (χ0v) is 11.7. The molecular weight excluding hydrogens is 256 g/mol. The van der Waals surface area contributed by atoms with Gasteiger partial charge < -0.3 is 14.9 Å². The van der Waals surface area contributed by atoms with Crippen molar-refractivity contribution in [3.05, 3.63) is 0 Å². The number of amides is 2. The van der Waals surface area contributed by atoms with E-state index < -0.39 is 6.61 Å². The van der Waals surface area contributed by atoms with Gasteiger partial charge in [-0.3, -0.25) is 9.59 Å². The number of hydrogen-bond acceptors (Lipinski definition) is 3. The van der Waals surface area contributed by atoms with Crippen molar-refractivity contribution < 1.29 is 14.7 Å². The third kappa shape index (κ3) is 1.72. The second-order valence-corrected chi connectivity index (χ2v) is 6.88. The average molecular weight is 278 g/mol. The third-order valence-electron chi connectivity index (χ3n) is 6.10. The molecule has 1 saturated heterocycles. The monoisotopic (exact) mass is 278 g/mol. The van der Waals surface area contributed by atoms with Crippen molar-refractivity contribution in [2.24, 2.45) is 29.6 Å². The van der Waals surface area contributed by atoms with Crippen molar-refractivity contribution in [3.63, 3.8) is 0 Å². The molecule has 2 amide bonds. The van der Waals surface area contributed by atoms with Crippen LogP contribution >= 0.6 is 0 Å². The molecule has 110 valence electrons. The van der Waals surface area contributed by atoms with Gasteiger partial charge >= 0.3 is 0 Å². The van der Waals surface area contributed by atoms with Crippen molar-refractivity contribution in [1.29, 1.82) is 0 Å². The van der Waals surface area contributed by atoms with Gasteiger partial charge in [-0.2, -0.15) is 0 Å². The van der Waals surface area contributed by atoms with E-state index in [-0.39, 0.29) is 5.91 Å². The summed E-state index contributed by atoms with van der Waals surface area (Å²) in [5, 5.41) is 8.86. The van der Waals surface area contributed by atoms with Gasteiger partial charge in [0.25, 0.3) is 0 Å². The van der Waals surface area contributed by atoms with E-state index in [1.165, 1.54) is 19.3 Å². The fourth-order valence-corrected chi connectivity index (χ4v) is 5.14. The van der Waals surface area contributed by atoms with E-state index in [1.54, 1.807) is 4.90 Å². The van der Waals surface area contributed by atoms with Crippen LogP contribution in [0.2, 0.25) is 0 Å². The van der Waals surface area contributed by atoms with Gasteiger partial charge in [-0.25, -0.2) is 0 Å². The Kier molecular flexibility index (Phi) is 2.81. The second-order valence-electron chi connectivity index (χ2n) is 6.88. The normalized spacial score (nSPS) is 41.8. The summed E-state index contributed by atoms with van der Waals surface area (Å²) in [5.74, 6) is 3.47. The summed E-state index contributed by atoms with van der Waals surface area (Å²) in [6, 6.07) is 0. The van der Waals surface area contributed by atoms with Crippen molar-refractivity contribution in [1.82, 2.24) is 9.80 Å². The molecule has 0 aromatic rings. The topological polar surface area (TPSA) is 60.9 Å². The minimum absolute atomic E-state index is 0.224. The number of carbonyl (C=O) groups is 2. The van der Waals surface area contributed by atoms with Gasteiger partial charge in [0.05, 0.1) is 0 Å². The molecule has 3 aliphatic carbocycles. The van der Waals surface area contributed by atoms with Crippen LogP contribution in [0.25, 0.3) is 0 Å². The molecule has 1 aliphatic heterocycles. The predicted molar refractivity (Wildman–Crippen MR) is 71.5 cm³/mol. The van der Waals surface area contributed by atoms with Crippen LogP contribution in [-0.4, -0.2) is 59.5 Å². The van der Waals surface area contributed by atoms with Crippen LogP contribution in [0.5, 0.6) is 0 Å². The number of aliphatic hydroxyl groups is 1. The van der Waals surface area contributed by atoms with Gasteiger partial charge in [0.2, 0.25) is 11.8 Å². The first-order valence-electron chi connectivity index (χ1n) is 7.88. The molecule has 5 heteroatoms. The molecule has 1 heterocycles. The first-order valence-corrected chi connectivity index (χ1v) is 7.88. The molecule has 0 aromatic carbocycles. The van der Waals surface area contributed by atoms with Gasteiger partial charge in [0.1, 0.15) is 6.61 Å². The van der Waals surface area contributed by atoms with Crippen molar-refractivity contribution >= 4 is 11.8 Å². The highest BCUT2D eigenvalue weighted by Crippen LogP contribution is 2.69. The van der Waals surface area contributed by atoms with E-state index in [9.17, 15) is 9.59 Å². The summed E-state index contributed by atoms with van der Waals surface area (Å²) in [6.45, 7) is 1.98. The third-order valence-corrected chi connectivity index (χ3v) is 6.10. The maximum absolute atomic E-state index is 12.6. The van der Waals surface area contributed by atoms with Crippen LogP contribution in [0.3, 0.4) is 0 Å². The Morgan fingerprint density at radius 3 is 2.05 bits per heavy atom. The minimum atomic E-state index is -0.427. The number of piperazine rings is 1. The molecule has 1 N–H and O–H groups in total.